The Morgan fingerprint density at radius 2 is 1.18 bits per heavy atom. The van der Waals surface area contributed by atoms with Crippen LogP contribution in [-0.2, 0) is 67.0 Å². The molecule has 0 spiro atoms. The summed E-state index contributed by atoms with van der Waals surface area (Å²) in [4.78, 5) is 146. The van der Waals surface area contributed by atoms with Crippen molar-refractivity contribution in [1.29, 1.82) is 0 Å². The normalized spacial score (nSPS) is 16.0. The lowest BCUT2D eigenvalue weighted by molar-refractivity contribution is -0.156. The molecule has 6 atom stereocenters. The second-order valence-corrected chi connectivity index (χ2v) is 19.1. The van der Waals surface area contributed by atoms with Crippen LogP contribution >= 0.6 is 0 Å². The first-order valence-corrected chi connectivity index (χ1v) is 22.8. The SMILES string of the molecule is C=CCOC(=O)CNC(=O)C(=O)C(CCC)NC(=O)[C@@H]1CCCN1C(=O)C(NC(=O)C(NC(=O)C(CCC(=O)OC(C)(C)C)NC(=O)C(CCC(=O)OC(C)(C)C)NC(C)=O)C(C)C)C(C)C. The predicted molar refractivity (Wildman–Crippen MR) is 244 cm³/mol. The summed E-state index contributed by atoms with van der Waals surface area (Å²) in [7, 11) is 0. The monoisotopic (exact) mass is 950 g/mol. The van der Waals surface area contributed by atoms with Crippen molar-refractivity contribution in [2.45, 2.75) is 182 Å². The molecule has 21 heteroatoms. The second-order valence-electron chi connectivity index (χ2n) is 19.1. The van der Waals surface area contributed by atoms with E-state index >= 15 is 0 Å². The molecule has 0 aromatic rings. The molecule has 0 radical (unpaired) electrons. The fraction of sp³-hybridized carbons (Fsp3) is 0.717. The van der Waals surface area contributed by atoms with Crippen molar-refractivity contribution in [2.24, 2.45) is 11.8 Å². The van der Waals surface area contributed by atoms with Gasteiger partial charge in [0.15, 0.2) is 0 Å². The van der Waals surface area contributed by atoms with E-state index < -0.39 is 131 Å². The molecule has 1 aliphatic heterocycles. The number of ether oxygens (including phenoxy) is 3. The number of ketones is 1. The average Bonchev–Trinajstić information content (AvgIpc) is 3.71. The largest absolute Gasteiger partial charge is 0.460 e. The number of esters is 3. The molecule has 378 valence electrons. The minimum Gasteiger partial charge on any atom is -0.460 e. The fourth-order valence-electron chi connectivity index (χ4n) is 6.82. The van der Waals surface area contributed by atoms with Gasteiger partial charge in [0.05, 0.1) is 6.04 Å². The van der Waals surface area contributed by atoms with Crippen LogP contribution in [0.1, 0.15) is 134 Å². The van der Waals surface area contributed by atoms with E-state index in [2.05, 4.69) is 38.5 Å². The smallest absolute Gasteiger partial charge is 0.325 e. The molecule has 67 heavy (non-hydrogen) atoms. The highest BCUT2D eigenvalue weighted by Gasteiger charge is 2.41. The second kappa shape index (κ2) is 27.7. The fourth-order valence-corrected chi connectivity index (χ4v) is 6.82. The highest BCUT2D eigenvalue weighted by Crippen LogP contribution is 2.22. The van der Waals surface area contributed by atoms with E-state index in [1.807, 2.05) is 0 Å². The van der Waals surface area contributed by atoms with Crippen LogP contribution in [0, 0.1) is 11.8 Å². The van der Waals surface area contributed by atoms with Gasteiger partial charge in [-0.15, -0.1) is 0 Å². The highest BCUT2D eigenvalue weighted by molar-refractivity contribution is 6.38. The van der Waals surface area contributed by atoms with Gasteiger partial charge in [-0.3, -0.25) is 52.7 Å². The lowest BCUT2D eigenvalue weighted by Crippen LogP contribution is -2.61. The van der Waals surface area contributed by atoms with Crippen LogP contribution in [0.5, 0.6) is 0 Å². The van der Waals surface area contributed by atoms with E-state index in [0.29, 0.717) is 12.8 Å². The molecule has 0 bridgehead atoms. The van der Waals surface area contributed by atoms with Gasteiger partial charge in [-0.2, -0.15) is 0 Å². The first kappa shape index (κ1) is 59.1. The Labute approximate surface area is 394 Å². The summed E-state index contributed by atoms with van der Waals surface area (Å²) in [6.07, 6.45) is 1.38. The molecule has 0 saturated carbocycles. The van der Waals surface area contributed by atoms with Crippen LogP contribution in [0.25, 0.3) is 0 Å². The lowest BCUT2D eigenvalue weighted by Gasteiger charge is -2.33. The van der Waals surface area contributed by atoms with Crippen molar-refractivity contribution in [2.75, 3.05) is 19.7 Å². The van der Waals surface area contributed by atoms with Gasteiger partial charge in [-0.25, -0.2) is 0 Å². The third-order valence-electron chi connectivity index (χ3n) is 9.95. The molecule has 1 rings (SSSR count). The molecule has 21 nitrogen and oxygen atoms in total. The standard InChI is InChI=1S/C46H75N7O14/c1-14-17-29(38(58)43(63)47-25-35(57)65-24-15-2)49-41(61)32-18-16-23-53(32)44(64)37(27(5)6)52-42(62)36(26(3)4)51-40(60)31(20-22-34(56)67-46(11,12)13)50-39(59)30(48-28(7)54)19-21-33(55)66-45(8,9)10/h15,26-27,29-32,36-37H,2,14,16-25H2,1,3-13H3,(H,47,63)(H,48,54)(H,49,61)(H,50,59)(H,51,60)(H,52,62)/t29?,30?,31?,32-,36?,37?/m0/s1. The lowest BCUT2D eigenvalue weighted by atomic mass is 9.98. The Hall–Kier alpha value is -5.89. The van der Waals surface area contributed by atoms with Gasteiger partial charge >= 0.3 is 17.9 Å². The summed E-state index contributed by atoms with van der Waals surface area (Å²) in [6, 6.07) is -7.56. The Bertz CT molecular complexity index is 1800. The van der Waals surface area contributed by atoms with E-state index in [1.54, 1.807) is 76.2 Å². The Morgan fingerprint density at radius 3 is 1.66 bits per heavy atom. The topological polar surface area (TPSA) is 291 Å². The summed E-state index contributed by atoms with van der Waals surface area (Å²) in [5.74, 6) is -9.71. The average molecular weight is 950 g/mol. The maximum absolute atomic E-state index is 14.2. The molecule has 6 N–H and O–H groups in total. The maximum atomic E-state index is 14.2. The first-order valence-electron chi connectivity index (χ1n) is 22.8. The third kappa shape index (κ3) is 22.0. The number of amides is 7. The summed E-state index contributed by atoms with van der Waals surface area (Å²) in [5, 5.41) is 15.2. The van der Waals surface area contributed by atoms with Gasteiger partial charge in [-0.1, -0.05) is 53.7 Å². The quantitative estimate of drug-likeness (QED) is 0.0308. The summed E-state index contributed by atoms with van der Waals surface area (Å²) in [6.45, 7) is 22.4. The Kier molecular flexibility index (Phi) is 24.4. The molecular weight excluding hydrogens is 875 g/mol. The number of rotatable bonds is 26. The minimum atomic E-state index is -1.45. The van der Waals surface area contributed by atoms with Crippen LogP contribution < -0.4 is 31.9 Å². The van der Waals surface area contributed by atoms with Gasteiger partial charge in [0.1, 0.15) is 54.6 Å². The number of hydrogen-bond donors (Lipinski definition) is 6. The van der Waals surface area contributed by atoms with Gasteiger partial charge < -0.3 is 51.0 Å². The van der Waals surface area contributed by atoms with Crippen LogP contribution in [0.3, 0.4) is 0 Å². The van der Waals surface area contributed by atoms with Crippen molar-refractivity contribution >= 4 is 65.0 Å². The number of likely N-dealkylation sites (tertiary alicyclic amines) is 1. The van der Waals surface area contributed by atoms with Crippen LogP contribution in [0.15, 0.2) is 12.7 Å². The van der Waals surface area contributed by atoms with E-state index in [1.165, 1.54) is 17.9 Å². The van der Waals surface area contributed by atoms with Crippen molar-refractivity contribution in [1.82, 2.24) is 36.8 Å². The van der Waals surface area contributed by atoms with Gasteiger partial charge in [0, 0.05) is 26.3 Å². The van der Waals surface area contributed by atoms with Gasteiger partial charge in [0.2, 0.25) is 41.2 Å². The molecule has 5 unspecified atom stereocenters. The minimum absolute atomic E-state index is 0.0854. The van der Waals surface area contributed by atoms with Crippen LogP contribution in [0.2, 0.25) is 0 Å². The van der Waals surface area contributed by atoms with Gasteiger partial charge in [0.25, 0.3) is 5.91 Å². The van der Waals surface area contributed by atoms with Crippen molar-refractivity contribution < 1.29 is 67.0 Å². The van der Waals surface area contributed by atoms with E-state index in [0.717, 1.165) is 0 Å². The molecule has 1 fully saturated rings. The zero-order valence-corrected chi connectivity index (χ0v) is 41.3. The maximum Gasteiger partial charge on any atom is 0.325 e. The molecular formula is C46H75N7O14. The molecule has 1 saturated heterocycles. The third-order valence-corrected chi connectivity index (χ3v) is 9.95. The number of carbonyl (C=O) groups is 11. The molecule has 1 aliphatic rings. The molecule has 7 amide bonds. The molecule has 0 aromatic heterocycles. The summed E-state index contributed by atoms with van der Waals surface area (Å²) in [5.41, 5.74) is -1.67. The van der Waals surface area contributed by atoms with E-state index in [4.69, 9.17) is 14.2 Å². The van der Waals surface area contributed by atoms with Gasteiger partial charge in [-0.05, 0) is 85.5 Å². The molecule has 1 heterocycles. The van der Waals surface area contributed by atoms with Crippen molar-refractivity contribution in [3.05, 3.63) is 12.7 Å². The Balaban J connectivity index is 3.33. The van der Waals surface area contributed by atoms with Crippen molar-refractivity contribution in [3.8, 4) is 0 Å². The summed E-state index contributed by atoms with van der Waals surface area (Å²) >= 11 is 0. The predicted octanol–water partition coefficient (Wildman–Crippen LogP) is 1.19. The number of nitrogens with zero attached hydrogens (tertiary/aromatic N) is 1. The van der Waals surface area contributed by atoms with Crippen LogP contribution in [0.4, 0.5) is 0 Å². The number of nitrogens with one attached hydrogen (secondary N) is 6. The highest BCUT2D eigenvalue weighted by atomic mass is 16.6. The number of hydrogen-bond acceptors (Lipinski definition) is 14. The van der Waals surface area contributed by atoms with Crippen molar-refractivity contribution in [3.63, 3.8) is 0 Å². The summed E-state index contributed by atoms with van der Waals surface area (Å²) < 4.78 is 15.5. The number of carbonyl (C=O) groups excluding carboxylic acids is 11. The van der Waals surface area contributed by atoms with Crippen LogP contribution in [-0.4, -0.2) is 137 Å². The first-order chi connectivity index (χ1) is 31.0. The Morgan fingerprint density at radius 1 is 0.672 bits per heavy atom. The van der Waals surface area contributed by atoms with E-state index in [9.17, 15) is 52.7 Å². The van der Waals surface area contributed by atoms with E-state index in [-0.39, 0.29) is 51.7 Å². The molecule has 0 aromatic carbocycles. The molecule has 0 aliphatic carbocycles. The number of Topliss-reactive ketones (excluding diaryl/α,β-unsaturated/α-hetero) is 1. The zero-order chi connectivity index (χ0) is 51.4. The zero-order valence-electron chi connectivity index (χ0n) is 41.3.